The molecule has 0 atom stereocenters. The molecule has 0 bridgehead atoms. The number of amidine groups is 1. The van der Waals surface area contributed by atoms with Gasteiger partial charge in [-0.3, -0.25) is 4.79 Å². The van der Waals surface area contributed by atoms with Gasteiger partial charge in [0, 0.05) is 24.9 Å². The van der Waals surface area contributed by atoms with Gasteiger partial charge in [-0.05, 0) is 68.3 Å². The number of anilines is 1. The van der Waals surface area contributed by atoms with Crippen molar-refractivity contribution in [2.75, 3.05) is 32.5 Å². The Morgan fingerprint density at radius 3 is 2.77 bits per heavy atom. The van der Waals surface area contributed by atoms with E-state index in [1.165, 1.54) is 24.4 Å². The molecule has 0 saturated carbocycles. The van der Waals surface area contributed by atoms with E-state index in [0.717, 1.165) is 5.69 Å². The van der Waals surface area contributed by atoms with Crippen LogP contribution in [-0.4, -0.2) is 48.8 Å². The molecule has 0 unspecified atom stereocenters. The predicted molar refractivity (Wildman–Crippen MR) is 157 cm³/mol. The number of nitrogens with zero attached hydrogens (tertiary/aromatic N) is 2. The Bertz CT molecular complexity index is 1380. The lowest BCUT2D eigenvalue weighted by Crippen LogP contribution is -2.21. The highest BCUT2D eigenvalue weighted by molar-refractivity contribution is 6.32. The molecule has 8 nitrogen and oxygen atoms in total. The number of hydrogen-bond acceptors (Lipinski definition) is 5. The van der Waals surface area contributed by atoms with Crippen molar-refractivity contribution in [1.82, 2.24) is 15.2 Å². The van der Waals surface area contributed by atoms with E-state index in [1.54, 1.807) is 36.4 Å². The number of aliphatic imine (C=N–C) groups is 1. The zero-order chi connectivity index (χ0) is 28.2. The van der Waals surface area contributed by atoms with E-state index in [-0.39, 0.29) is 24.2 Å². The quantitative estimate of drug-likeness (QED) is 0.132. The molecular weight excluding hydrogens is 519 g/mol. The number of aromatic amines is 1. The van der Waals surface area contributed by atoms with Crippen molar-refractivity contribution >= 4 is 40.8 Å². The van der Waals surface area contributed by atoms with Crippen LogP contribution >= 0.6 is 11.6 Å². The first kappa shape index (κ1) is 29.2. The van der Waals surface area contributed by atoms with Gasteiger partial charge < -0.3 is 31.0 Å². The Morgan fingerprint density at radius 2 is 2.05 bits per heavy atom. The van der Waals surface area contributed by atoms with Gasteiger partial charge in [0.05, 0.1) is 16.4 Å². The largest absolute Gasteiger partial charge is 0.487 e. The van der Waals surface area contributed by atoms with Gasteiger partial charge in [0.25, 0.3) is 0 Å². The molecule has 0 aliphatic heterocycles. The zero-order valence-corrected chi connectivity index (χ0v) is 22.6. The van der Waals surface area contributed by atoms with Gasteiger partial charge in [0.15, 0.2) is 0 Å². The molecule has 5 N–H and O–H groups in total. The standard InChI is InChI=1S/C29H32ClFN6O2/c1-4-33-25-18-22(10-6-14-34-27(38)11-7-15-37(2)3)35-28(25)29(32)36-23-12-13-26(24(30)17-23)39-19-20-8-5-9-21(31)16-20/h4-13,16-18,33,35H,1,14-15,19H2,2-3H3,(H2,32,36)(H,34,38)/b10-6+,11-7+. The van der Waals surface area contributed by atoms with Crippen LogP contribution in [0.25, 0.3) is 6.08 Å². The molecule has 1 amide bonds. The average Bonchev–Trinajstić information content (AvgIpc) is 3.29. The smallest absolute Gasteiger partial charge is 0.243 e. The van der Waals surface area contributed by atoms with Gasteiger partial charge in [0.2, 0.25) is 5.91 Å². The second kappa shape index (κ2) is 14.6. The Labute approximate surface area is 232 Å². The van der Waals surface area contributed by atoms with Crippen LogP contribution in [0.4, 0.5) is 15.8 Å². The maximum atomic E-state index is 13.4. The van der Waals surface area contributed by atoms with Crippen LogP contribution in [0, 0.1) is 5.82 Å². The number of nitrogens with one attached hydrogen (secondary N) is 3. The highest BCUT2D eigenvalue weighted by Crippen LogP contribution is 2.30. The lowest BCUT2D eigenvalue weighted by atomic mass is 10.2. The van der Waals surface area contributed by atoms with Gasteiger partial charge in [-0.2, -0.15) is 0 Å². The van der Waals surface area contributed by atoms with E-state index in [9.17, 15) is 9.18 Å². The number of halogens is 2. The highest BCUT2D eigenvalue weighted by Gasteiger charge is 2.11. The Kier molecular flexibility index (Phi) is 10.9. The van der Waals surface area contributed by atoms with E-state index in [0.29, 0.717) is 46.5 Å². The summed E-state index contributed by atoms with van der Waals surface area (Å²) in [7, 11) is 3.86. The summed E-state index contributed by atoms with van der Waals surface area (Å²) in [4.78, 5) is 21.5. The molecular formula is C29H32ClFN6O2. The fraction of sp³-hybridized carbons (Fsp3) is 0.172. The van der Waals surface area contributed by atoms with Crippen molar-refractivity contribution in [2.24, 2.45) is 10.7 Å². The van der Waals surface area contributed by atoms with Crippen molar-refractivity contribution in [3.8, 4) is 5.75 Å². The van der Waals surface area contributed by atoms with Crippen LogP contribution in [-0.2, 0) is 11.4 Å². The first-order valence-corrected chi connectivity index (χ1v) is 12.5. The van der Waals surface area contributed by atoms with Crippen molar-refractivity contribution < 1.29 is 13.9 Å². The number of aromatic nitrogens is 1. The van der Waals surface area contributed by atoms with Crippen LogP contribution in [0.2, 0.25) is 5.02 Å². The minimum absolute atomic E-state index is 0.164. The summed E-state index contributed by atoms with van der Waals surface area (Å²) in [6, 6.07) is 13.1. The molecule has 0 spiro atoms. The number of carbonyl (C=O) groups excluding carboxylic acids is 1. The highest BCUT2D eigenvalue weighted by atomic mass is 35.5. The molecule has 10 heteroatoms. The fourth-order valence-corrected chi connectivity index (χ4v) is 3.65. The molecule has 1 heterocycles. The minimum Gasteiger partial charge on any atom is -0.487 e. The molecule has 3 aromatic rings. The van der Waals surface area contributed by atoms with Crippen LogP contribution in [0.15, 0.2) is 84.5 Å². The number of nitrogens with two attached hydrogens (primary N) is 1. The van der Waals surface area contributed by atoms with E-state index in [4.69, 9.17) is 22.1 Å². The lowest BCUT2D eigenvalue weighted by Gasteiger charge is -2.09. The summed E-state index contributed by atoms with van der Waals surface area (Å²) in [5, 5.41) is 6.18. The molecule has 1 aromatic heterocycles. The second-order valence-electron chi connectivity index (χ2n) is 8.70. The number of ether oxygens (including phenoxy) is 1. The van der Waals surface area contributed by atoms with E-state index in [1.807, 2.05) is 37.2 Å². The SMILES string of the molecule is C=CNc1cc(/C=C/CNC(=O)/C=C/CN(C)C)[nH]c1C(N)=Nc1ccc(OCc2cccc(F)c2)c(Cl)c1. The average molecular weight is 551 g/mol. The Balaban J connectivity index is 1.66. The monoisotopic (exact) mass is 550 g/mol. The van der Waals surface area contributed by atoms with Crippen LogP contribution in [0.5, 0.6) is 5.75 Å². The van der Waals surface area contributed by atoms with Gasteiger partial charge in [-0.15, -0.1) is 0 Å². The molecule has 0 saturated heterocycles. The third-order valence-corrected chi connectivity index (χ3v) is 5.53. The number of carbonyl (C=O) groups is 1. The molecule has 2 aromatic carbocycles. The first-order chi connectivity index (χ1) is 18.7. The van der Waals surface area contributed by atoms with Gasteiger partial charge in [-0.25, -0.2) is 9.38 Å². The number of H-pyrrole nitrogens is 1. The molecule has 204 valence electrons. The summed E-state index contributed by atoms with van der Waals surface area (Å²) in [5.41, 5.74) is 9.53. The van der Waals surface area contributed by atoms with Crippen molar-refractivity contribution in [3.05, 3.63) is 107 Å². The van der Waals surface area contributed by atoms with Crippen LogP contribution < -0.4 is 21.1 Å². The summed E-state index contributed by atoms with van der Waals surface area (Å²) < 4.78 is 19.1. The number of hydrogen-bond donors (Lipinski definition) is 4. The number of benzene rings is 2. The molecule has 0 radical (unpaired) electrons. The van der Waals surface area contributed by atoms with E-state index < -0.39 is 0 Å². The fourth-order valence-electron chi connectivity index (χ4n) is 3.43. The number of likely N-dealkylation sites (N-methyl/N-ethyl adjacent to an activating group) is 1. The molecule has 0 fully saturated rings. The third-order valence-electron chi connectivity index (χ3n) is 5.23. The Morgan fingerprint density at radius 1 is 1.23 bits per heavy atom. The van der Waals surface area contributed by atoms with Gasteiger partial charge in [0.1, 0.15) is 29.7 Å². The molecule has 0 aliphatic rings. The lowest BCUT2D eigenvalue weighted by molar-refractivity contribution is -0.116. The number of rotatable bonds is 13. The molecule has 39 heavy (non-hydrogen) atoms. The third kappa shape index (κ3) is 9.48. The van der Waals surface area contributed by atoms with Crippen molar-refractivity contribution in [2.45, 2.75) is 6.61 Å². The van der Waals surface area contributed by atoms with E-state index >= 15 is 0 Å². The molecule has 3 rings (SSSR count). The van der Waals surface area contributed by atoms with E-state index in [2.05, 4.69) is 27.2 Å². The van der Waals surface area contributed by atoms with Crippen molar-refractivity contribution in [1.29, 1.82) is 0 Å². The van der Waals surface area contributed by atoms with Crippen LogP contribution in [0.3, 0.4) is 0 Å². The van der Waals surface area contributed by atoms with Crippen molar-refractivity contribution in [3.63, 3.8) is 0 Å². The number of amides is 1. The topological polar surface area (TPSA) is 108 Å². The normalized spacial score (nSPS) is 11.9. The second-order valence-corrected chi connectivity index (χ2v) is 9.11. The first-order valence-electron chi connectivity index (χ1n) is 12.1. The summed E-state index contributed by atoms with van der Waals surface area (Å²) in [5.74, 6) is 0.178. The maximum absolute atomic E-state index is 13.4. The summed E-state index contributed by atoms with van der Waals surface area (Å²) >= 11 is 6.39. The van der Waals surface area contributed by atoms with Gasteiger partial charge in [-0.1, -0.05) is 42.5 Å². The van der Waals surface area contributed by atoms with Gasteiger partial charge >= 0.3 is 0 Å². The summed E-state index contributed by atoms with van der Waals surface area (Å²) in [6.07, 6.45) is 8.50. The summed E-state index contributed by atoms with van der Waals surface area (Å²) in [6.45, 7) is 4.94. The maximum Gasteiger partial charge on any atom is 0.243 e. The minimum atomic E-state index is -0.328. The van der Waals surface area contributed by atoms with Crippen LogP contribution in [0.1, 0.15) is 17.0 Å². The Hall–Kier alpha value is -4.34. The predicted octanol–water partition coefficient (Wildman–Crippen LogP) is 5.23. The molecule has 0 aliphatic carbocycles. The zero-order valence-electron chi connectivity index (χ0n) is 21.9.